The summed E-state index contributed by atoms with van der Waals surface area (Å²) in [6.45, 7) is 3.98. The lowest BCUT2D eigenvalue weighted by Crippen LogP contribution is -2.38. The molecule has 0 saturated heterocycles. The summed E-state index contributed by atoms with van der Waals surface area (Å²) in [6.07, 6.45) is 3.53. The second-order valence-corrected chi connectivity index (χ2v) is 3.86. The number of nitrogens with zero attached hydrogens (tertiary/aromatic N) is 1. The topological polar surface area (TPSA) is 37.4 Å². The maximum absolute atomic E-state index is 11.2. The highest BCUT2D eigenvalue weighted by molar-refractivity contribution is 6.13. The molecule has 0 spiro atoms. The van der Waals surface area contributed by atoms with Crippen molar-refractivity contribution in [1.29, 1.82) is 0 Å². The fraction of sp³-hybridized carbons (Fsp3) is 0.556. The van der Waals surface area contributed by atoms with Gasteiger partial charge in [0.15, 0.2) is 0 Å². The van der Waals surface area contributed by atoms with Crippen molar-refractivity contribution in [2.75, 3.05) is 0 Å². The van der Waals surface area contributed by atoms with E-state index >= 15 is 0 Å². The van der Waals surface area contributed by atoms with Crippen LogP contribution in [-0.4, -0.2) is 30.6 Å². The summed E-state index contributed by atoms with van der Waals surface area (Å²) < 4.78 is 0. The zero-order chi connectivity index (χ0) is 10.0. The average Bonchev–Trinajstić information content (AvgIpc) is 2.29. The standard InChI is InChI=1S/C9H14BNO2/c1-6(10)5-7(2)11-8(12)3-4-9(11)13/h3-4,6-7H,5,10H2,1-2H3. The molecule has 0 bridgehead atoms. The second kappa shape index (κ2) is 3.77. The quantitative estimate of drug-likeness (QED) is 0.456. The molecule has 0 saturated carbocycles. The van der Waals surface area contributed by atoms with Crippen molar-refractivity contribution in [3.63, 3.8) is 0 Å². The summed E-state index contributed by atoms with van der Waals surface area (Å²) in [5, 5.41) is 0. The summed E-state index contributed by atoms with van der Waals surface area (Å²) in [4.78, 5) is 23.8. The van der Waals surface area contributed by atoms with E-state index in [9.17, 15) is 9.59 Å². The summed E-state index contributed by atoms with van der Waals surface area (Å²) in [5.41, 5.74) is 0. The van der Waals surface area contributed by atoms with E-state index in [1.54, 1.807) is 0 Å². The van der Waals surface area contributed by atoms with Crippen molar-refractivity contribution in [3.8, 4) is 0 Å². The Morgan fingerprint density at radius 3 is 2.15 bits per heavy atom. The molecular weight excluding hydrogens is 165 g/mol. The van der Waals surface area contributed by atoms with Crippen molar-refractivity contribution >= 4 is 19.7 Å². The van der Waals surface area contributed by atoms with Gasteiger partial charge in [-0.05, 0) is 13.3 Å². The molecule has 1 aliphatic heterocycles. The van der Waals surface area contributed by atoms with Crippen LogP contribution < -0.4 is 0 Å². The van der Waals surface area contributed by atoms with Gasteiger partial charge >= 0.3 is 0 Å². The van der Waals surface area contributed by atoms with Crippen LogP contribution in [0.1, 0.15) is 20.3 Å². The van der Waals surface area contributed by atoms with Crippen LogP contribution >= 0.6 is 0 Å². The Kier molecular flexibility index (Phi) is 2.91. The van der Waals surface area contributed by atoms with Crippen molar-refractivity contribution in [3.05, 3.63) is 12.2 Å². The van der Waals surface area contributed by atoms with Crippen LogP contribution in [0.25, 0.3) is 0 Å². The minimum absolute atomic E-state index is 0.00926. The molecule has 2 amide bonds. The third-order valence-electron chi connectivity index (χ3n) is 2.10. The van der Waals surface area contributed by atoms with E-state index in [-0.39, 0.29) is 17.9 Å². The summed E-state index contributed by atoms with van der Waals surface area (Å²) in [6, 6.07) is 0.00926. The SMILES string of the molecule is BC(C)CC(C)N1C(=O)C=CC1=O. The third kappa shape index (κ3) is 2.20. The zero-order valence-corrected chi connectivity index (χ0v) is 8.28. The molecule has 13 heavy (non-hydrogen) atoms. The second-order valence-electron chi connectivity index (χ2n) is 3.86. The normalized spacial score (nSPS) is 20.9. The molecule has 1 rings (SSSR count). The van der Waals surface area contributed by atoms with Gasteiger partial charge in [-0.15, -0.1) is 0 Å². The molecule has 0 aliphatic carbocycles. The molecule has 2 atom stereocenters. The monoisotopic (exact) mass is 179 g/mol. The van der Waals surface area contributed by atoms with Crippen molar-refractivity contribution in [2.24, 2.45) is 0 Å². The van der Waals surface area contributed by atoms with E-state index < -0.39 is 0 Å². The largest absolute Gasteiger partial charge is 0.273 e. The molecule has 0 fully saturated rings. The predicted molar refractivity (Wildman–Crippen MR) is 53.0 cm³/mol. The Hall–Kier alpha value is -1.06. The highest BCUT2D eigenvalue weighted by Crippen LogP contribution is 2.16. The van der Waals surface area contributed by atoms with Crippen molar-refractivity contribution in [1.82, 2.24) is 4.90 Å². The Labute approximate surface area is 79.2 Å². The Morgan fingerprint density at radius 2 is 1.77 bits per heavy atom. The molecule has 3 nitrogen and oxygen atoms in total. The van der Waals surface area contributed by atoms with E-state index in [2.05, 4.69) is 14.8 Å². The molecule has 0 N–H and O–H groups in total. The molecule has 1 heterocycles. The molecule has 0 aromatic heterocycles. The zero-order valence-electron chi connectivity index (χ0n) is 8.28. The number of hydrogen-bond donors (Lipinski definition) is 0. The van der Waals surface area contributed by atoms with E-state index in [1.807, 2.05) is 6.92 Å². The molecule has 70 valence electrons. The minimum atomic E-state index is -0.182. The highest BCUT2D eigenvalue weighted by Gasteiger charge is 2.28. The lowest BCUT2D eigenvalue weighted by Gasteiger charge is -2.23. The number of hydrogen-bond acceptors (Lipinski definition) is 2. The van der Waals surface area contributed by atoms with E-state index in [0.29, 0.717) is 5.82 Å². The first kappa shape index (κ1) is 10.0. The first-order valence-electron chi connectivity index (χ1n) is 4.57. The summed E-state index contributed by atoms with van der Waals surface area (Å²) in [5.74, 6) is 0.132. The first-order chi connectivity index (χ1) is 6.02. The Bertz CT molecular complexity index is 242. The molecule has 0 aromatic carbocycles. The van der Waals surface area contributed by atoms with Crippen LogP contribution in [0.3, 0.4) is 0 Å². The third-order valence-corrected chi connectivity index (χ3v) is 2.10. The van der Waals surface area contributed by atoms with E-state index in [1.165, 1.54) is 17.1 Å². The van der Waals surface area contributed by atoms with Crippen molar-refractivity contribution < 1.29 is 9.59 Å². The van der Waals surface area contributed by atoms with Crippen LogP contribution in [0.15, 0.2) is 12.2 Å². The number of carbonyl (C=O) groups is 2. The first-order valence-corrected chi connectivity index (χ1v) is 4.57. The summed E-state index contributed by atoms with van der Waals surface area (Å²) in [7, 11) is 2.08. The van der Waals surface area contributed by atoms with Gasteiger partial charge in [-0.1, -0.05) is 12.7 Å². The van der Waals surface area contributed by atoms with Gasteiger partial charge in [-0.3, -0.25) is 14.5 Å². The van der Waals surface area contributed by atoms with Crippen molar-refractivity contribution in [2.45, 2.75) is 32.1 Å². The van der Waals surface area contributed by atoms with E-state index in [0.717, 1.165) is 6.42 Å². The number of imide groups is 1. The maximum atomic E-state index is 11.2. The van der Waals surface area contributed by atoms with E-state index in [4.69, 9.17) is 0 Å². The van der Waals surface area contributed by atoms with Gasteiger partial charge in [0, 0.05) is 18.2 Å². The van der Waals surface area contributed by atoms with Gasteiger partial charge in [-0.25, -0.2) is 0 Å². The average molecular weight is 179 g/mol. The minimum Gasteiger partial charge on any atom is -0.273 e. The Balaban J connectivity index is 2.61. The number of rotatable bonds is 3. The van der Waals surface area contributed by atoms with Gasteiger partial charge < -0.3 is 0 Å². The van der Waals surface area contributed by atoms with Crippen LogP contribution in [0.5, 0.6) is 0 Å². The molecule has 2 unspecified atom stereocenters. The highest BCUT2D eigenvalue weighted by atomic mass is 16.2. The maximum Gasteiger partial charge on any atom is 0.253 e. The lowest BCUT2D eigenvalue weighted by atomic mass is 9.84. The summed E-state index contributed by atoms with van der Waals surface area (Å²) >= 11 is 0. The molecule has 0 radical (unpaired) electrons. The molecule has 0 aromatic rings. The van der Waals surface area contributed by atoms with Gasteiger partial charge in [0.1, 0.15) is 7.85 Å². The van der Waals surface area contributed by atoms with Gasteiger partial charge in [0.25, 0.3) is 11.8 Å². The number of carbonyl (C=O) groups excluding carboxylic acids is 2. The Morgan fingerprint density at radius 1 is 1.31 bits per heavy atom. The predicted octanol–water partition coefficient (Wildman–Crippen LogP) is 0.131. The molecular formula is C9H14BNO2. The van der Waals surface area contributed by atoms with Crippen LogP contribution in [-0.2, 0) is 9.59 Å². The van der Waals surface area contributed by atoms with Crippen LogP contribution in [0.4, 0.5) is 0 Å². The van der Waals surface area contributed by atoms with Crippen LogP contribution in [0, 0.1) is 0 Å². The fourth-order valence-corrected chi connectivity index (χ4v) is 1.63. The molecule has 1 aliphatic rings. The van der Waals surface area contributed by atoms with Gasteiger partial charge in [0.2, 0.25) is 0 Å². The molecule has 4 heteroatoms. The lowest BCUT2D eigenvalue weighted by molar-refractivity contribution is -0.139. The van der Waals surface area contributed by atoms with Gasteiger partial charge in [0.05, 0.1) is 0 Å². The fourth-order valence-electron chi connectivity index (χ4n) is 1.63. The van der Waals surface area contributed by atoms with Crippen LogP contribution in [0.2, 0.25) is 5.82 Å². The van der Waals surface area contributed by atoms with Gasteiger partial charge in [-0.2, -0.15) is 0 Å². The smallest absolute Gasteiger partial charge is 0.253 e. The number of amides is 2.